The third-order valence-electron chi connectivity index (χ3n) is 3.60. The lowest BCUT2D eigenvalue weighted by molar-refractivity contribution is -0.0251. The van der Waals surface area contributed by atoms with E-state index in [0.29, 0.717) is 19.3 Å². The van der Waals surface area contributed by atoms with Crippen LogP contribution in [0.4, 0.5) is 0 Å². The molecular weight excluding hydrogens is 228 g/mol. The van der Waals surface area contributed by atoms with Crippen molar-refractivity contribution in [3.8, 4) is 0 Å². The van der Waals surface area contributed by atoms with Gasteiger partial charge in [-0.3, -0.25) is 4.68 Å². The van der Waals surface area contributed by atoms with E-state index in [1.54, 1.807) is 0 Å². The van der Waals surface area contributed by atoms with Crippen LogP contribution in [-0.4, -0.2) is 35.1 Å². The van der Waals surface area contributed by atoms with Crippen molar-refractivity contribution in [3.63, 3.8) is 0 Å². The molecule has 4 heteroatoms. The van der Waals surface area contributed by atoms with Crippen LogP contribution in [0.5, 0.6) is 0 Å². The van der Waals surface area contributed by atoms with E-state index in [1.165, 1.54) is 12.8 Å². The summed E-state index contributed by atoms with van der Waals surface area (Å²) >= 11 is 0. The molecule has 102 valence electrons. The van der Waals surface area contributed by atoms with E-state index in [-0.39, 0.29) is 0 Å². The van der Waals surface area contributed by atoms with E-state index in [9.17, 15) is 5.11 Å². The minimum atomic E-state index is -0.452. The molecule has 1 unspecified atom stereocenters. The largest absolute Gasteiger partial charge is 0.389 e. The van der Waals surface area contributed by atoms with Gasteiger partial charge < -0.3 is 15.3 Å². The Kier molecular flexibility index (Phi) is 5.08. The summed E-state index contributed by atoms with van der Waals surface area (Å²) in [5.41, 5.74) is 3.11. The third-order valence-corrected chi connectivity index (χ3v) is 3.60. The molecule has 18 heavy (non-hydrogen) atoms. The fraction of sp³-hybridized carbons (Fsp3) is 0.714. The molecule has 1 atom stereocenters. The van der Waals surface area contributed by atoms with Crippen molar-refractivity contribution in [1.29, 1.82) is 0 Å². The summed E-state index contributed by atoms with van der Waals surface area (Å²) in [5, 5.41) is 9.83. The normalized spacial score (nSPS) is 25.9. The second-order valence-electron chi connectivity index (χ2n) is 5.32. The number of rotatable bonds is 6. The zero-order chi connectivity index (χ0) is 12.8. The molecule has 1 aromatic heterocycles. The number of hydrogen-bond donors (Lipinski definition) is 2. The average molecular weight is 252 g/mol. The average Bonchev–Trinajstić information content (AvgIpc) is 2.89. The first-order valence-corrected chi connectivity index (χ1v) is 6.90. The lowest BCUT2D eigenvalue weighted by Gasteiger charge is -2.27. The maximum absolute atomic E-state index is 9.83. The number of aliphatic hydroxyl groups excluding tert-OH is 1. The predicted molar refractivity (Wildman–Crippen MR) is 72.0 cm³/mol. The molecular formula is C14H24N2O2. The lowest BCUT2D eigenvalue weighted by Crippen LogP contribution is -2.31. The highest BCUT2D eigenvalue weighted by molar-refractivity contribution is 4.93. The molecule has 1 aliphatic rings. The van der Waals surface area contributed by atoms with Gasteiger partial charge in [-0.15, -0.1) is 0 Å². The van der Waals surface area contributed by atoms with Crippen LogP contribution in [0.3, 0.4) is 0 Å². The molecule has 1 fully saturated rings. The van der Waals surface area contributed by atoms with Gasteiger partial charge in [0.2, 0.25) is 0 Å². The van der Waals surface area contributed by atoms with Gasteiger partial charge in [0.05, 0.1) is 25.4 Å². The van der Waals surface area contributed by atoms with E-state index in [1.807, 2.05) is 29.2 Å². The Hall–Kier alpha value is -1.00. The van der Waals surface area contributed by atoms with Crippen molar-refractivity contribution in [2.24, 2.45) is 5.92 Å². The molecule has 0 bridgehead atoms. The van der Waals surface area contributed by atoms with Crippen LogP contribution >= 0.6 is 0 Å². The quantitative estimate of drug-likeness (QED) is 0.814. The van der Waals surface area contributed by atoms with Gasteiger partial charge >= 0.3 is 0 Å². The fourth-order valence-corrected chi connectivity index (χ4v) is 2.35. The van der Waals surface area contributed by atoms with Crippen LogP contribution in [0.15, 0.2) is 24.5 Å². The molecule has 0 saturated heterocycles. The van der Waals surface area contributed by atoms with Crippen molar-refractivity contribution in [2.75, 3.05) is 18.6 Å². The van der Waals surface area contributed by atoms with Gasteiger partial charge in [-0.2, -0.15) is 0 Å². The maximum atomic E-state index is 9.83. The smallest absolute Gasteiger partial charge is 0.0961 e. The highest BCUT2D eigenvalue weighted by Crippen LogP contribution is 2.25. The van der Waals surface area contributed by atoms with Gasteiger partial charge in [-0.1, -0.05) is 6.92 Å². The fourth-order valence-electron chi connectivity index (χ4n) is 2.35. The first-order chi connectivity index (χ1) is 8.74. The van der Waals surface area contributed by atoms with Crippen molar-refractivity contribution in [2.45, 2.75) is 44.8 Å². The molecule has 0 aromatic carbocycles. The highest BCUT2D eigenvalue weighted by atomic mass is 16.5. The summed E-state index contributed by atoms with van der Waals surface area (Å²) in [6.07, 6.45) is 8.50. The van der Waals surface area contributed by atoms with E-state index >= 15 is 0 Å². The Labute approximate surface area is 109 Å². The third kappa shape index (κ3) is 4.35. The van der Waals surface area contributed by atoms with Crippen LogP contribution < -0.4 is 5.43 Å². The topological polar surface area (TPSA) is 46.4 Å². The van der Waals surface area contributed by atoms with Crippen molar-refractivity contribution in [3.05, 3.63) is 24.5 Å². The van der Waals surface area contributed by atoms with Crippen LogP contribution in [0.1, 0.15) is 32.6 Å². The monoisotopic (exact) mass is 252 g/mol. The summed E-state index contributed by atoms with van der Waals surface area (Å²) in [6.45, 7) is 3.23. The lowest BCUT2D eigenvalue weighted by atomic mass is 9.89. The summed E-state index contributed by atoms with van der Waals surface area (Å²) in [6, 6.07) is 3.89. The Morgan fingerprint density at radius 2 is 1.94 bits per heavy atom. The number of nitrogens with one attached hydrogen (secondary N) is 1. The Morgan fingerprint density at radius 1 is 1.28 bits per heavy atom. The molecule has 1 heterocycles. The Bertz CT molecular complexity index is 319. The van der Waals surface area contributed by atoms with Gasteiger partial charge in [0, 0.05) is 12.4 Å². The number of ether oxygens (including phenoxy) is 1. The van der Waals surface area contributed by atoms with Crippen molar-refractivity contribution < 1.29 is 9.84 Å². The first kappa shape index (κ1) is 13.4. The minimum absolute atomic E-state index is 0.349. The summed E-state index contributed by atoms with van der Waals surface area (Å²) < 4.78 is 7.60. The molecule has 0 spiro atoms. The molecule has 0 radical (unpaired) electrons. The van der Waals surface area contributed by atoms with Gasteiger partial charge in [-0.05, 0) is 43.7 Å². The predicted octanol–water partition coefficient (Wildman–Crippen LogP) is 1.99. The molecule has 4 nitrogen and oxygen atoms in total. The zero-order valence-electron chi connectivity index (χ0n) is 11.1. The molecule has 1 aromatic rings. The second-order valence-corrected chi connectivity index (χ2v) is 5.32. The highest BCUT2D eigenvalue weighted by Gasteiger charge is 2.19. The molecule has 0 amide bonds. The van der Waals surface area contributed by atoms with Crippen molar-refractivity contribution in [1.82, 2.24) is 4.68 Å². The van der Waals surface area contributed by atoms with Crippen molar-refractivity contribution >= 4 is 0 Å². The molecule has 0 aliphatic heterocycles. The Morgan fingerprint density at radius 3 is 2.61 bits per heavy atom. The SMILES string of the molecule is CC1CCC(OCC(O)CNn2cccc2)CC1. The molecule has 1 aliphatic carbocycles. The van der Waals surface area contributed by atoms with Gasteiger partial charge in [0.15, 0.2) is 0 Å². The number of nitrogens with zero attached hydrogens (tertiary/aromatic N) is 1. The maximum Gasteiger partial charge on any atom is 0.0961 e. The van der Waals surface area contributed by atoms with E-state index in [2.05, 4.69) is 12.3 Å². The van der Waals surface area contributed by atoms with Crippen LogP contribution in [-0.2, 0) is 4.74 Å². The van der Waals surface area contributed by atoms with E-state index < -0.39 is 6.10 Å². The first-order valence-electron chi connectivity index (χ1n) is 6.90. The summed E-state index contributed by atoms with van der Waals surface area (Å²) in [4.78, 5) is 0. The van der Waals surface area contributed by atoms with Crippen LogP contribution in [0.2, 0.25) is 0 Å². The summed E-state index contributed by atoms with van der Waals surface area (Å²) in [5.74, 6) is 0.838. The molecule has 1 saturated carbocycles. The summed E-state index contributed by atoms with van der Waals surface area (Å²) in [7, 11) is 0. The Balaban J connectivity index is 1.58. The molecule has 2 N–H and O–H groups in total. The van der Waals surface area contributed by atoms with Gasteiger partial charge in [0.1, 0.15) is 0 Å². The number of hydrogen-bond acceptors (Lipinski definition) is 3. The van der Waals surface area contributed by atoms with Gasteiger partial charge in [0.25, 0.3) is 0 Å². The van der Waals surface area contributed by atoms with E-state index in [0.717, 1.165) is 18.8 Å². The standard InChI is InChI=1S/C14H24N2O2/c1-12-4-6-14(7-5-12)18-11-13(17)10-15-16-8-2-3-9-16/h2-3,8-9,12-15,17H,4-7,10-11H2,1H3. The number of aliphatic hydroxyl groups is 1. The van der Waals surface area contributed by atoms with Crippen LogP contribution in [0, 0.1) is 5.92 Å². The van der Waals surface area contributed by atoms with E-state index in [4.69, 9.17) is 4.74 Å². The minimum Gasteiger partial charge on any atom is -0.389 e. The number of aromatic nitrogens is 1. The second kappa shape index (κ2) is 6.81. The van der Waals surface area contributed by atoms with Crippen LogP contribution in [0.25, 0.3) is 0 Å². The van der Waals surface area contributed by atoms with Gasteiger partial charge in [-0.25, -0.2) is 0 Å². The molecule has 2 rings (SSSR count). The zero-order valence-corrected chi connectivity index (χ0v) is 11.1.